The Bertz CT molecular complexity index is 658. The van der Waals surface area contributed by atoms with E-state index in [-0.39, 0.29) is 11.5 Å². The number of aromatic nitrogens is 2. The smallest absolute Gasteiger partial charge is 0.269 e. The van der Waals surface area contributed by atoms with Gasteiger partial charge in [-0.25, -0.2) is 4.68 Å². The van der Waals surface area contributed by atoms with Gasteiger partial charge >= 0.3 is 0 Å². The summed E-state index contributed by atoms with van der Waals surface area (Å²) in [5, 5.41) is 14.8. The van der Waals surface area contributed by atoms with Gasteiger partial charge in [-0.05, 0) is 25.0 Å². The fraction of sp³-hybridized carbons (Fsp3) is 0.231. The summed E-state index contributed by atoms with van der Waals surface area (Å²) in [5.74, 6) is 0.120. The minimum absolute atomic E-state index is 0.0425. The first-order chi connectivity index (χ1) is 9.16. The van der Waals surface area contributed by atoms with Crippen molar-refractivity contribution in [2.45, 2.75) is 19.3 Å². The van der Waals surface area contributed by atoms with E-state index in [9.17, 15) is 14.9 Å². The number of carbonyl (C=O) groups is 1. The Labute approximate surface area is 108 Å². The second-order valence-electron chi connectivity index (χ2n) is 4.47. The number of nitrogens with zero attached hydrogens (tertiary/aromatic N) is 3. The number of hydrogen-bond acceptors (Lipinski definition) is 4. The molecular formula is C13H11N3O3. The van der Waals surface area contributed by atoms with Crippen molar-refractivity contribution < 1.29 is 9.72 Å². The van der Waals surface area contributed by atoms with E-state index in [0.717, 1.165) is 24.2 Å². The lowest BCUT2D eigenvalue weighted by atomic mass is 9.97. The molecule has 0 fully saturated rings. The van der Waals surface area contributed by atoms with Crippen LogP contribution in [0.1, 0.15) is 28.9 Å². The number of ketones is 1. The fourth-order valence-corrected chi connectivity index (χ4v) is 2.34. The molecule has 0 amide bonds. The summed E-state index contributed by atoms with van der Waals surface area (Å²) >= 11 is 0. The summed E-state index contributed by atoms with van der Waals surface area (Å²) in [6.45, 7) is 0. The van der Waals surface area contributed by atoms with E-state index < -0.39 is 4.92 Å². The average Bonchev–Trinajstić information content (AvgIpc) is 2.84. The monoisotopic (exact) mass is 257 g/mol. The largest absolute Gasteiger partial charge is 0.294 e. The number of rotatable bonds is 2. The molecule has 0 saturated carbocycles. The molecule has 1 aromatic heterocycles. The van der Waals surface area contributed by atoms with Crippen molar-refractivity contribution in [1.29, 1.82) is 0 Å². The number of Topliss-reactive ketones (excluding diaryl/α,β-unsaturated/α-hetero) is 1. The number of non-ortho nitro benzene ring substituents is 1. The quantitative estimate of drug-likeness (QED) is 0.610. The van der Waals surface area contributed by atoms with Gasteiger partial charge < -0.3 is 0 Å². The minimum Gasteiger partial charge on any atom is -0.294 e. The molecular weight excluding hydrogens is 246 g/mol. The summed E-state index contributed by atoms with van der Waals surface area (Å²) in [5.41, 5.74) is 2.34. The van der Waals surface area contributed by atoms with Crippen LogP contribution >= 0.6 is 0 Å². The highest BCUT2D eigenvalue weighted by Crippen LogP contribution is 2.24. The lowest BCUT2D eigenvalue weighted by Gasteiger charge is -2.12. The zero-order chi connectivity index (χ0) is 13.4. The number of nitro benzene ring substituents is 1. The zero-order valence-corrected chi connectivity index (χ0v) is 10.1. The Hall–Kier alpha value is -2.50. The number of benzene rings is 1. The van der Waals surface area contributed by atoms with E-state index in [0.29, 0.717) is 12.0 Å². The van der Waals surface area contributed by atoms with Crippen LogP contribution in [-0.4, -0.2) is 20.5 Å². The van der Waals surface area contributed by atoms with E-state index in [4.69, 9.17) is 0 Å². The lowest BCUT2D eigenvalue weighted by Crippen LogP contribution is -2.12. The Morgan fingerprint density at radius 3 is 2.63 bits per heavy atom. The number of nitro groups is 1. The Morgan fingerprint density at radius 2 is 1.95 bits per heavy atom. The summed E-state index contributed by atoms with van der Waals surface area (Å²) in [7, 11) is 0. The van der Waals surface area contributed by atoms with E-state index in [1.165, 1.54) is 12.1 Å². The fourth-order valence-electron chi connectivity index (χ4n) is 2.34. The van der Waals surface area contributed by atoms with Gasteiger partial charge in [-0.1, -0.05) is 0 Å². The normalized spacial score (nSPS) is 14.2. The molecule has 0 unspecified atom stereocenters. The molecule has 19 heavy (non-hydrogen) atoms. The van der Waals surface area contributed by atoms with Crippen molar-refractivity contribution >= 4 is 11.5 Å². The van der Waals surface area contributed by atoms with Crippen molar-refractivity contribution in [3.8, 4) is 5.69 Å². The summed E-state index contributed by atoms with van der Waals surface area (Å²) in [6, 6.07) is 6.16. The standard InChI is InChI=1S/C13H11N3O3/c17-13-3-1-2-12-11(13)8-14-15(12)9-4-6-10(7-5-9)16(18)19/h4-8H,1-3H2. The third-order valence-electron chi connectivity index (χ3n) is 3.29. The highest BCUT2D eigenvalue weighted by molar-refractivity contribution is 5.98. The molecule has 1 aliphatic carbocycles. The summed E-state index contributed by atoms with van der Waals surface area (Å²) in [4.78, 5) is 21.9. The number of carbonyl (C=O) groups excluding carboxylic acids is 1. The van der Waals surface area contributed by atoms with Crippen LogP contribution in [0.5, 0.6) is 0 Å². The molecule has 0 radical (unpaired) electrons. The molecule has 6 nitrogen and oxygen atoms in total. The highest BCUT2D eigenvalue weighted by atomic mass is 16.6. The SMILES string of the molecule is O=C1CCCc2c1cnn2-c1ccc([N+](=O)[O-])cc1. The van der Waals surface area contributed by atoms with Crippen LogP contribution in [0.15, 0.2) is 30.5 Å². The van der Waals surface area contributed by atoms with E-state index >= 15 is 0 Å². The lowest BCUT2D eigenvalue weighted by molar-refractivity contribution is -0.384. The summed E-state index contributed by atoms with van der Waals surface area (Å²) in [6.07, 6.45) is 3.78. The first kappa shape index (κ1) is 11.6. The topological polar surface area (TPSA) is 78.0 Å². The first-order valence-corrected chi connectivity index (χ1v) is 6.02. The molecule has 2 aromatic rings. The first-order valence-electron chi connectivity index (χ1n) is 6.02. The van der Waals surface area contributed by atoms with Crippen molar-refractivity contribution in [2.75, 3.05) is 0 Å². The minimum atomic E-state index is -0.439. The molecule has 0 aliphatic heterocycles. The summed E-state index contributed by atoms with van der Waals surface area (Å²) < 4.78 is 1.69. The maximum Gasteiger partial charge on any atom is 0.269 e. The maximum atomic E-state index is 11.7. The zero-order valence-electron chi connectivity index (χ0n) is 10.1. The van der Waals surface area contributed by atoms with Gasteiger partial charge in [0.25, 0.3) is 5.69 Å². The van der Waals surface area contributed by atoms with Crippen LogP contribution in [0.4, 0.5) is 5.69 Å². The molecule has 0 atom stereocenters. The second-order valence-corrected chi connectivity index (χ2v) is 4.47. The molecule has 1 aromatic carbocycles. The Kier molecular flexibility index (Phi) is 2.63. The molecule has 0 N–H and O–H groups in total. The third-order valence-corrected chi connectivity index (χ3v) is 3.29. The van der Waals surface area contributed by atoms with Gasteiger partial charge in [-0.2, -0.15) is 5.10 Å². The van der Waals surface area contributed by atoms with Gasteiger partial charge in [-0.3, -0.25) is 14.9 Å². The van der Waals surface area contributed by atoms with Crippen LogP contribution in [0, 0.1) is 10.1 Å². The van der Waals surface area contributed by atoms with Crippen LogP contribution in [-0.2, 0) is 6.42 Å². The van der Waals surface area contributed by atoms with Crippen LogP contribution in [0.3, 0.4) is 0 Å². The molecule has 0 bridgehead atoms. The van der Waals surface area contributed by atoms with Crippen LogP contribution < -0.4 is 0 Å². The molecule has 6 heteroatoms. The van der Waals surface area contributed by atoms with Gasteiger partial charge in [0.15, 0.2) is 5.78 Å². The van der Waals surface area contributed by atoms with Crippen molar-refractivity contribution in [3.05, 3.63) is 51.8 Å². The van der Waals surface area contributed by atoms with Gasteiger partial charge in [0.2, 0.25) is 0 Å². The maximum absolute atomic E-state index is 11.7. The third kappa shape index (κ3) is 1.91. The number of hydrogen-bond donors (Lipinski definition) is 0. The van der Waals surface area contributed by atoms with Gasteiger partial charge in [-0.15, -0.1) is 0 Å². The molecule has 0 saturated heterocycles. The van der Waals surface area contributed by atoms with Crippen LogP contribution in [0.25, 0.3) is 5.69 Å². The van der Waals surface area contributed by atoms with Crippen molar-refractivity contribution in [3.63, 3.8) is 0 Å². The predicted octanol–water partition coefficient (Wildman–Crippen LogP) is 2.30. The van der Waals surface area contributed by atoms with Gasteiger partial charge in [0.05, 0.1) is 28.1 Å². The molecule has 3 rings (SSSR count). The Morgan fingerprint density at radius 1 is 1.21 bits per heavy atom. The highest BCUT2D eigenvalue weighted by Gasteiger charge is 2.22. The van der Waals surface area contributed by atoms with E-state index in [2.05, 4.69) is 5.10 Å². The number of fused-ring (bicyclic) bond motifs is 1. The van der Waals surface area contributed by atoms with E-state index in [1.54, 1.807) is 23.0 Å². The second kappa shape index (κ2) is 4.31. The van der Waals surface area contributed by atoms with Crippen molar-refractivity contribution in [2.24, 2.45) is 0 Å². The molecule has 1 aliphatic rings. The predicted molar refractivity (Wildman–Crippen MR) is 67.5 cm³/mol. The van der Waals surface area contributed by atoms with Crippen LogP contribution in [0.2, 0.25) is 0 Å². The Balaban J connectivity index is 2.03. The molecule has 1 heterocycles. The van der Waals surface area contributed by atoms with Crippen molar-refractivity contribution in [1.82, 2.24) is 9.78 Å². The molecule has 0 spiro atoms. The average molecular weight is 257 g/mol. The molecule has 96 valence electrons. The van der Waals surface area contributed by atoms with Gasteiger partial charge in [0, 0.05) is 18.6 Å². The van der Waals surface area contributed by atoms with E-state index in [1.807, 2.05) is 0 Å². The van der Waals surface area contributed by atoms with Gasteiger partial charge in [0.1, 0.15) is 0 Å².